The van der Waals surface area contributed by atoms with Crippen molar-refractivity contribution in [3.8, 4) is 0 Å². The molecule has 47 heteroatoms. The summed E-state index contributed by atoms with van der Waals surface area (Å²) in [5.74, 6) is -16.9. The number of rotatable bonds is 57. The van der Waals surface area contributed by atoms with Crippen molar-refractivity contribution < 1.29 is 91.7 Å². The molecular weight excluding hydrogens is 1680 g/mol. The van der Waals surface area contributed by atoms with Gasteiger partial charge in [0.05, 0.1) is 19.1 Å². The zero-order valence-electron chi connectivity index (χ0n) is 74.9. The maximum absolute atomic E-state index is 15.0. The number of nitrogens with two attached hydrogens (primary N) is 10. The Morgan fingerprint density at radius 1 is 0.473 bits per heavy atom. The molecule has 722 valence electrons. The lowest BCUT2D eigenvalue weighted by Gasteiger charge is -2.34. The normalized spacial score (nSPS) is 17.3. The average Bonchev–Trinajstić information content (AvgIpc) is 1.06. The third-order valence-corrected chi connectivity index (χ3v) is 22.7. The van der Waals surface area contributed by atoms with Gasteiger partial charge in [-0.25, -0.2) is 0 Å². The van der Waals surface area contributed by atoms with Crippen molar-refractivity contribution in [1.29, 1.82) is 0 Å². The number of aliphatic hydroxyl groups excluding tert-OH is 2. The molecule has 3 aliphatic rings. The van der Waals surface area contributed by atoms with Crippen LogP contribution in [0, 0.1) is 11.8 Å². The van der Waals surface area contributed by atoms with E-state index in [4.69, 9.17) is 57.3 Å². The molecule has 4 rings (SSSR count). The smallest absolute Gasteiger partial charge is 0.248 e. The second kappa shape index (κ2) is 55.5. The molecule has 35 N–H and O–H groups in total. The molecular formula is C82H140N28O19. The number of primary amides is 3. The number of amides is 17. The van der Waals surface area contributed by atoms with Crippen LogP contribution in [0.25, 0.3) is 0 Å². The van der Waals surface area contributed by atoms with E-state index in [1.54, 1.807) is 12.1 Å². The molecule has 3 fully saturated rings. The summed E-state index contributed by atoms with van der Waals surface area (Å²) in [4.78, 5) is 256. The van der Waals surface area contributed by atoms with Gasteiger partial charge in [0.1, 0.15) is 83.6 Å². The van der Waals surface area contributed by atoms with Crippen molar-refractivity contribution in [3.63, 3.8) is 0 Å². The van der Waals surface area contributed by atoms with E-state index in [0.717, 1.165) is 65.2 Å². The summed E-state index contributed by atoms with van der Waals surface area (Å²) in [5, 5.41) is 54.8. The Bertz CT molecular complexity index is 4040. The average molecular weight is 1820 g/mol. The Balaban J connectivity index is 1.61. The Morgan fingerprint density at radius 3 is 1.36 bits per heavy atom. The molecule has 0 unspecified atom stereocenters. The van der Waals surface area contributed by atoms with Crippen molar-refractivity contribution in [2.45, 2.75) is 311 Å². The predicted molar refractivity (Wildman–Crippen MR) is 474 cm³/mol. The first kappa shape index (κ1) is 109. The quantitative estimate of drug-likeness (QED) is 0.0164. The Morgan fingerprint density at radius 2 is 0.907 bits per heavy atom. The number of guanidine groups is 3. The lowest BCUT2D eigenvalue weighted by Crippen LogP contribution is -2.65. The van der Waals surface area contributed by atoms with Gasteiger partial charge in [0.25, 0.3) is 0 Å². The van der Waals surface area contributed by atoms with Gasteiger partial charge >= 0.3 is 0 Å². The van der Waals surface area contributed by atoms with Gasteiger partial charge in [-0.1, -0.05) is 71.1 Å². The molecule has 2 aliphatic carbocycles. The van der Waals surface area contributed by atoms with Gasteiger partial charge in [-0.3, -0.25) is 101 Å². The second-order valence-electron chi connectivity index (χ2n) is 33.9. The van der Waals surface area contributed by atoms with E-state index in [-0.39, 0.29) is 152 Å². The van der Waals surface area contributed by atoms with Crippen LogP contribution in [0.1, 0.15) is 220 Å². The van der Waals surface area contributed by atoms with Crippen LogP contribution in [0.3, 0.4) is 0 Å². The molecule has 14 atom stereocenters. The summed E-state index contributed by atoms with van der Waals surface area (Å²) in [7, 11) is 0. The number of hydrogen-bond acceptors (Lipinski definition) is 24. The van der Waals surface area contributed by atoms with Crippen molar-refractivity contribution in [2.75, 3.05) is 39.3 Å². The monoisotopic (exact) mass is 1820 g/mol. The van der Waals surface area contributed by atoms with Crippen molar-refractivity contribution >= 4 is 118 Å². The van der Waals surface area contributed by atoms with E-state index in [2.05, 4.69) is 89.1 Å². The summed E-state index contributed by atoms with van der Waals surface area (Å²) in [6.45, 7) is 6.86. The fourth-order valence-electron chi connectivity index (χ4n) is 15.3. The maximum atomic E-state index is 15.0. The first-order chi connectivity index (χ1) is 60.9. The number of unbranched alkanes of at least 4 members (excludes halogenated alkanes) is 1. The maximum Gasteiger partial charge on any atom is 0.248 e. The summed E-state index contributed by atoms with van der Waals surface area (Å²) in [5.41, 5.74) is 52.7. The van der Waals surface area contributed by atoms with Crippen LogP contribution in [0.5, 0.6) is 0 Å². The summed E-state index contributed by atoms with van der Waals surface area (Å²) in [6.07, 6.45) is 7.81. The molecule has 2 heterocycles. The van der Waals surface area contributed by atoms with Crippen LogP contribution >= 0.6 is 0 Å². The van der Waals surface area contributed by atoms with Crippen LogP contribution in [0.2, 0.25) is 0 Å². The van der Waals surface area contributed by atoms with E-state index in [1.807, 2.05) is 0 Å². The Labute approximate surface area is 750 Å². The van der Waals surface area contributed by atoms with Crippen LogP contribution < -0.4 is 126 Å². The first-order valence-corrected chi connectivity index (χ1v) is 44.1. The lowest BCUT2D eigenvalue weighted by atomic mass is 9.84. The van der Waals surface area contributed by atoms with Crippen molar-refractivity contribution in [2.24, 2.45) is 84.1 Å². The fourth-order valence-corrected chi connectivity index (χ4v) is 15.3. The van der Waals surface area contributed by atoms with Crippen LogP contribution in [0.15, 0.2) is 39.5 Å². The molecule has 1 aromatic heterocycles. The number of nitrogens with zero attached hydrogens (tertiary/aromatic N) is 5. The molecule has 1 saturated heterocycles. The zero-order chi connectivity index (χ0) is 96.3. The largest absolute Gasteiger partial charge is 0.394 e. The van der Waals surface area contributed by atoms with Crippen molar-refractivity contribution in [3.05, 3.63) is 30.1 Å². The topological polar surface area (TPSA) is 800 Å². The number of likely N-dealkylation sites (tertiary alicyclic amines) is 1. The van der Waals surface area contributed by atoms with Gasteiger partial charge in [-0.2, -0.15) is 0 Å². The second-order valence-corrected chi connectivity index (χ2v) is 33.9. The summed E-state index contributed by atoms with van der Waals surface area (Å²) >= 11 is 0. The minimum absolute atomic E-state index is 0.00359. The highest BCUT2D eigenvalue weighted by Gasteiger charge is 2.44. The van der Waals surface area contributed by atoms with Crippen LogP contribution in [-0.4, -0.2) is 267 Å². The molecule has 0 spiro atoms. The molecule has 0 bridgehead atoms. The standard InChI is InChI=1S/C82H140N28O19/c1-7-82(6,77(129)107-63(45(2)112)74(126)102-52(27-18-36-96-80(91)92)65(117)100-54(29-30-61(84)114)68(120)98-50(25-16-34-94-78(87)88)66(118)103-55(64(86)116)40-47-20-10-8-11-21-47)109-71(123)53(24-14-15-33-83)99-70(122)58(43-62(85)115)106-76(128)81(4,5)108-72(124)57(41-48-22-12-9-13-23-48)105-69(121)56(42-49-31-37-93-38-32-49)104-67(119)51(26-17-35-95-79(89)90)101-73(125)60-28-19-39-110(60)75(127)59(44-111)97-46(3)113/h31-32,37-38,45,47-48,50-60,63,111-112H,7-30,33-36,39-44,83H2,1-6H3,(H2,84,114)(H2,85,115)(H2,86,116)(H,97,113)(H,98,120)(H,99,122)(H,100,117)(H,101,125)(H,102,126)(H,103,118)(H,104,119)(H,105,121)(H,106,128)(H,107,129)(H,108,124)(H,109,123)(H4,87,88,94)(H4,89,90,95)(H4,91,92,96)/t45-,50+,51+,52+,53+,54+,55+,56+,57+,58+,59+,60-,63+,82-/m1/s1. The first-order valence-electron chi connectivity index (χ1n) is 44.1. The zero-order valence-corrected chi connectivity index (χ0v) is 74.9. The number of aliphatic imine (C=N–C) groups is 3. The Hall–Kier alpha value is -12.2. The number of nitrogens with one attached hydrogen (secondary N) is 13. The highest BCUT2D eigenvalue weighted by Crippen LogP contribution is 2.30. The van der Waals surface area contributed by atoms with Gasteiger partial charge in [-0.05, 0) is 160 Å². The molecule has 1 aromatic rings. The number of hydrogen-bond donors (Lipinski definition) is 25. The minimum Gasteiger partial charge on any atom is -0.394 e. The number of carbonyl (C=O) groups excluding carboxylic acids is 17. The van der Waals surface area contributed by atoms with Gasteiger partial charge in [0.2, 0.25) is 100 Å². The fraction of sp³-hybridized carbons (Fsp3) is 0.695. The van der Waals surface area contributed by atoms with E-state index >= 15 is 4.79 Å². The predicted octanol–water partition coefficient (Wildman–Crippen LogP) is -7.62. The van der Waals surface area contributed by atoms with Gasteiger partial charge < -0.3 is 142 Å². The van der Waals surface area contributed by atoms with E-state index in [9.17, 15) is 86.9 Å². The lowest BCUT2D eigenvalue weighted by molar-refractivity contribution is -0.143. The number of carbonyl (C=O) groups is 17. The summed E-state index contributed by atoms with van der Waals surface area (Å²) in [6, 6.07) is -14.9. The Kier molecular flexibility index (Phi) is 47.0. The van der Waals surface area contributed by atoms with Crippen LogP contribution in [0.4, 0.5) is 0 Å². The highest BCUT2D eigenvalue weighted by atomic mass is 16.3. The molecule has 0 aromatic carbocycles. The molecule has 129 heavy (non-hydrogen) atoms. The van der Waals surface area contributed by atoms with E-state index in [0.29, 0.717) is 24.8 Å². The van der Waals surface area contributed by atoms with Gasteiger partial charge in [0, 0.05) is 58.3 Å². The number of aliphatic hydroxyl groups is 2. The third-order valence-electron chi connectivity index (χ3n) is 22.7. The third kappa shape index (κ3) is 39.1. The van der Waals surface area contributed by atoms with E-state index < -0.39 is 216 Å². The number of pyridine rings is 1. The molecule has 1 aliphatic heterocycles. The highest BCUT2D eigenvalue weighted by molar-refractivity contribution is 6.02. The molecule has 17 amide bonds. The van der Waals surface area contributed by atoms with Gasteiger partial charge in [-0.15, -0.1) is 0 Å². The van der Waals surface area contributed by atoms with Crippen molar-refractivity contribution in [1.82, 2.24) is 79.0 Å². The minimum atomic E-state index is -2.02. The van der Waals surface area contributed by atoms with Crippen LogP contribution in [-0.2, 0) is 87.9 Å². The summed E-state index contributed by atoms with van der Waals surface area (Å²) < 4.78 is 0. The molecule has 2 saturated carbocycles. The SMILES string of the molecule is CC[C@@](C)(NC(=O)[C@H](CCCCN)NC(=O)[C@H](CC(N)=O)NC(=O)C(C)(C)NC(=O)[C@H](CC1CCCCC1)NC(=O)[C@H](Cc1ccncc1)NC(=O)[C@H](CCCN=C(N)N)NC(=O)[C@H]1CCCN1C(=O)[C@H](CO)NC(C)=O)C(=O)N[C@H](C(=O)N[C@@H](CCCN=C(N)N)C(=O)N[C@@H](CCC(N)=O)C(=O)N[C@@H](CCCN=C(N)N)C(=O)N[C@@H](CC1CCCCC1)C(N)=O)[C@@H](C)O. The number of aromatic nitrogens is 1. The molecule has 0 radical (unpaired) electrons. The van der Waals surface area contributed by atoms with Gasteiger partial charge in [0.15, 0.2) is 17.9 Å². The molecule has 47 nitrogen and oxygen atoms in total. The van der Waals surface area contributed by atoms with E-state index in [1.165, 1.54) is 45.0 Å².